The van der Waals surface area contributed by atoms with E-state index in [-0.39, 0.29) is 23.7 Å². The maximum absolute atomic E-state index is 13.2. The van der Waals surface area contributed by atoms with Gasteiger partial charge in [0.15, 0.2) is 0 Å². The number of aromatic nitrogens is 1. The van der Waals surface area contributed by atoms with Crippen molar-refractivity contribution in [1.29, 1.82) is 0 Å². The average molecular weight is 438 g/mol. The Morgan fingerprint density at radius 2 is 1.84 bits per heavy atom. The number of fused-ring (bicyclic) bond motifs is 1. The van der Waals surface area contributed by atoms with Crippen LogP contribution in [0.15, 0.2) is 42.5 Å². The Labute approximate surface area is 189 Å². The molecule has 0 radical (unpaired) electrons. The molecule has 1 aromatic carbocycles. The topological polar surface area (TPSA) is 83.0 Å². The molecule has 1 saturated heterocycles. The highest BCUT2D eigenvalue weighted by atomic mass is 16.5. The minimum Gasteiger partial charge on any atom is -0.481 e. The summed E-state index contributed by atoms with van der Waals surface area (Å²) in [7, 11) is 1.78. The molecule has 7 nitrogen and oxygen atoms in total. The van der Waals surface area contributed by atoms with E-state index in [2.05, 4.69) is 18.7 Å². The molecule has 3 atom stereocenters. The molecule has 1 saturated carbocycles. The molecule has 1 unspecified atom stereocenters. The van der Waals surface area contributed by atoms with Crippen molar-refractivity contribution < 1.29 is 19.4 Å². The summed E-state index contributed by atoms with van der Waals surface area (Å²) in [5, 5.41) is 9.26. The van der Waals surface area contributed by atoms with Crippen LogP contribution >= 0.6 is 0 Å². The van der Waals surface area contributed by atoms with Gasteiger partial charge in [0.1, 0.15) is 11.4 Å². The van der Waals surface area contributed by atoms with E-state index in [1.54, 1.807) is 18.0 Å². The van der Waals surface area contributed by atoms with Crippen molar-refractivity contribution in [2.75, 3.05) is 31.6 Å². The van der Waals surface area contributed by atoms with Gasteiger partial charge in [-0.1, -0.05) is 44.2 Å². The summed E-state index contributed by atoms with van der Waals surface area (Å²) >= 11 is 0. The van der Waals surface area contributed by atoms with Gasteiger partial charge in [0, 0.05) is 26.7 Å². The van der Waals surface area contributed by atoms with E-state index in [4.69, 9.17) is 9.72 Å². The molecule has 2 aliphatic rings. The van der Waals surface area contributed by atoms with Crippen LogP contribution in [0.25, 0.3) is 0 Å². The number of hydrogen-bond donors (Lipinski definition) is 1. The summed E-state index contributed by atoms with van der Waals surface area (Å²) in [6.45, 7) is 6.61. The Morgan fingerprint density at radius 3 is 2.47 bits per heavy atom. The van der Waals surface area contributed by atoms with Crippen LogP contribution in [0, 0.1) is 23.7 Å². The number of carbonyl (C=O) groups excluding carboxylic acids is 1. The molecule has 2 heterocycles. The third kappa shape index (κ3) is 4.71. The third-order valence-corrected chi connectivity index (χ3v) is 6.42. The number of aliphatic carboxylic acids is 1. The molecular weight excluding hydrogens is 406 g/mol. The predicted molar refractivity (Wildman–Crippen MR) is 122 cm³/mol. The summed E-state index contributed by atoms with van der Waals surface area (Å²) < 4.78 is 5.99. The lowest BCUT2D eigenvalue weighted by molar-refractivity contribution is -0.139. The van der Waals surface area contributed by atoms with Crippen molar-refractivity contribution in [2.45, 2.75) is 26.8 Å². The number of amides is 1. The summed E-state index contributed by atoms with van der Waals surface area (Å²) in [5.41, 5.74) is 1.50. The molecule has 1 aromatic heterocycles. The standard InChI is InChI=1S/C25H31N3O4/c1-16(2)11-12-32-23-18(24(29)27(3)13-17-7-5-4-6-8-17)9-10-21(26-23)28-14-19-20(15-28)22(19)25(30)31/h4-10,16,19-20,22H,11-15H2,1-3H3,(H,30,31)/t19-,20+,22?. The molecule has 2 aromatic rings. The number of hydrogen-bond acceptors (Lipinski definition) is 5. The van der Waals surface area contributed by atoms with Crippen molar-refractivity contribution >= 4 is 17.7 Å². The van der Waals surface area contributed by atoms with Gasteiger partial charge in [0.25, 0.3) is 5.91 Å². The van der Waals surface area contributed by atoms with E-state index in [1.165, 1.54) is 0 Å². The maximum atomic E-state index is 13.2. The number of carbonyl (C=O) groups is 2. The van der Waals surface area contributed by atoms with Crippen molar-refractivity contribution in [3.05, 3.63) is 53.6 Å². The van der Waals surface area contributed by atoms with E-state index in [9.17, 15) is 14.7 Å². The van der Waals surface area contributed by atoms with Crippen LogP contribution in [0.1, 0.15) is 36.2 Å². The average Bonchev–Trinajstić information content (AvgIpc) is 3.28. The van der Waals surface area contributed by atoms with Crippen LogP contribution < -0.4 is 9.64 Å². The van der Waals surface area contributed by atoms with E-state index in [1.807, 2.05) is 36.4 Å². The van der Waals surface area contributed by atoms with Crippen molar-refractivity contribution in [3.8, 4) is 5.88 Å². The highest BCUT2D eigenvalue weighted by Gasteiger charge is 2.60. The van der Waals surface area contributed by atoms with Crippen molar-refractivity contribution in [3.63, 3.8) is 0 Å². The number of anilines is 1. The minimum absolute atomic E-state index is 0.136. The zero-order valence-corrected chi connectivity index (χ0v) is 18.9. The molecule has 0 spiro atoms. The van der Waals surface area contributed by atoms with E-state index in [0.29, 0.717) is 43.6 Å². The van der Waals surface area contributed by atoms with Gasteiger partial charge in [0.2, 0.25) is 5.88 Å². The lowest BCUT2D eigenvalue weighted by Crippen LogP contribution is -2.29. The molecule has 32 heavy (non-hydrogen) atoms. The third-order valence-electron chi connectivity index (χ3n) is 6.42. The predicted octanol–water partition coefficient (Wildman–Crippen LogP) is 3.55. The van der Waals surface area contributed by atoms with Gasteiger partial charge in [-0.15, -0.1) is 0 Å². The van der Waals surface area contributed by atoms with Gasteiger partial charge >= 0.3 is 5.97 Å². The molecule has 170 valence electrons. The zero-order chi connectivity index (χ0) is 22.8. The van der Waals surface area contributed by atoms with Gasteiger partial charge in [-0.05, 0) is 41.9 Å². The lowest BCUT2D eigenvalue weighted by atomic mass is 10.1. The Hall–Kier alpha value is -3.09. The summed E-state index contributed by atoms with van der Waals surface area (Å²) in [6.07, 6.45) is 0.869. The molecule has 0 bridgehead atoms. The molecule has 1 aliphatic carbocycles. The highest BCUT2D eigenvalue weighted by Crippen LogP contribution is 2.52. The normalized spacial score (nSPS) is 21.4. The minimum atomic E-state index is -0.701. The summed E-state index contributed by atoms with van der Waals surface area (Å²) in [4.78, 5) is 32.9. The molecule has 1 N–H and O–H groups in total. The maximum Gasteiger partial charge on any atom is 0.307 e. The molecule has 1 aliphatic heterocycles. The Morgan fingerprint density at radius 1 is 1.16 bits per heavy atom. The van der Waals surface area contributed by atoms with Crippen molar-refractivity contribution in [1.82, 2.24) is 9.88 Å². The number of benzene rings is 1. The number of nitrogens with zero attached hydrogens (tertiary/aromatic N) is 3. The largest absolute Gasteiger partial charge is 0.481 e. The second-order valence-electron chi connectivity index (χ2n) is 9.30. The van der Waals surface area contributed by atoms with Gasteiger partial charge in [-0.25, -0.2) is 0 Å². The van der Waals surface area contributed by atoms with Crippen LogP contribution in [0.2, 0.25) is 0 Å². The van der Waals surface area contributed by atoms with Gasteiger partial charge in [0.05, 0.1) is 12.5 Å². The Balaban J connectivity index is 1.50. The first kappa shape index (κ1) is 22.1. The van der Waals surface area contributed by atoms with Gasteiger partial charge in [-0.2, -0.15) is 4.98 Å². The number of piperidine rings is 1. The summed E-state index contributed by atoms with van der Waals surface area (Å²) in [5.74, 6) is 0.898. The molecular formula is C25H31N3O4. The van der Waals surface area contributed by atoms with E-state index >= 15 is 0 Å². The number of pyridine rings is 1. The fraction of sp³-hybridized carbons (Fsp3) is 0.480. The monoisotopic (exact) mass is 437 g/mol. The lowest BCUT2D eigenvalue weighted by Gasteiger charge is -2.23. The number of rotatable bonds is 9. The molecule has 1 amide bonds. The number of carboxylic acid groups (broad SMARTS) is 1. The second-order valence-corrected chi connectivity index (χ2v) is 9.30. The Bertz CT molecular complexity index is 966. The number of carboxylic acids is 1. The highest BCUT2D eigenvalue weighted by molar-refractivity contribution is 5.96. The van der Waals surface area contributed by atoms with Crippen LogP contribution in [0.4, 0.5) is 5.82 Å². The first-order valence-corrected chi connectivity index (χ1v) is 11.3. The van der Waals surface area contributed by atoms with Crippen LogP contribution in [0.3, 0.4) is 0 Å². The van der Waals surface area contributed by atoms with E-state index < -0.39 is 5.97 Å². The second kappa shape index (κ2) is 9.18. The molecule has 4 rings (SSSR count). The van der Waals surface area contributed by atoms with Crippen LogP contribution in [-0.4, -0.2) is 53.6 Å². The first-order valence-electron chi connectivity index (χ1n) is 11.3. The first-order chi connectivity index (χ1) is 15.3. The fourth-order valence-corrected chi connectivity index (χ4v) is 4.49. The van der Waals surface area contributed by atoms with Gasteiger partial charge < -0.3 is 19.6 Å². The SMILES string of the molecule is CC(C)CCOc1nc(N2C[C@@H]3C(C(=O)O)[C@@H]3C2)ccc1C(=O)N(C)Cc1ccccc1. The Kier molecular flexibility index (Phi) is 6.35. The zero-order valence-electron chi connectivity index (χ0n) is 18.9. The smallest absolute Gasteiger partial charge is 0.307 e. The van der Waals surface area contributed by atoms with Crippen LogP contribution in [-0.2, 0) is 11.3 Å². The molecule has 7 heteroatoms. The van der Waals surface area contributed by atoms with Gasteiger partial charge in [-0.3, -0.25) is 9.59 Å². The van der Waals surface area contributed by atoms with E-state index in [0.717, 1.165) is 17.8 Å². The quantitative estimate of drug-likeness (QED) is 0.646. The fourth-order valence-electron chi connectivity index (χ4n) is 4.49. The van der Waals surface area contributed by atoms with Crippen molar-refractivity contribution in [2.24, 2.45) is 23.7 Å². The number of ether oxygens (including phenoxy) is 1. The summed E-state index contributed by atoms with van der Waals surface area (Å²) in [6, 6.07) is 13.5. The molecule has 2 fully saturated rings. The van der Waals surface area contributed by atoms with Crippen LogP contribution in [0.5, 0.6) is 5.88 Å².